The van der Waals surface area contributed by atoms with Gasteiger partial charge in [0.1, 0.15) is 30.6 Å². The van der Waals surface area contributed by atoms with Gasteiger partial charge in [-0.15, -0.1) is 0 Å². The number of rotatable bonds is 18. The summed E-state index contributed by atoms with van der Waals surface area (Å²) in [6.45, 7) is 3.23. The van der Waals surface area contributed by atoms with Gasteiger partial charge in [0.2, 0.25) is 23.6 Å². The SMILES string of the molecule is C=CCOC(=O)N[C@@H](Cc1ccc(C(=N)N)cc1)C(=O)N[C@@H](CCC(=O)O)C(=O)N[C@@H](CC(N)=O)C(=O)NCc1ccc(Cl)c(Cl)c1. The zero-order chi connectivity index (χ0) is 35.1. The Bertz CT molecular complexity index is 1500. The molecular formula is C30H35Cl2N7O8. The number of hydrogen-bond donors (Lipinski definition) is 8. The van der Waals surface area contributed by atoms with Crippen molar-refractivity contribution in [3.05, 3.63) is 81.9 Å². The maximum Gasteiger partial charge on any atom is 0.408 e. The molecule has 10 N–H and O–H groups in total. The average Bonchev–Trinajstić information content (AvgIpc) is 3.01. The monoisotopic (exact) mass is 691 g/mol. The van der Waals surface area contributed by atoms with Crippen molar-refractivity contribution in [2.75, 3.05) is 6.61 Å². The van der Waals surface area contributed by atoms with Crippen LogP contribution in [0.1, 0.15) is 36.0 Å². The molecule has 3 atom stereocenters. The number of halogens is 2. The summed E-state index contributed by atoms with van der Waals surface area (Å²) < 4.78 is 4.92. The van der Waals surface area contributed by atoms with Gasteiger partial charge in [-0.1, -0.05) is 66.2 Å². The van der Waals surface area contributed by atoms with Crippen LogP contribution >= 0.6 is 23.2 Å². The second kappa shape index (κ2) is 18.7. The van der Waals surface area contributed by atoms with Gasteiger partial charge in [0, 0.05) is 24.9 Å². The molecule has 0 fully saturated rings. The molecule has 0 saturated carbocycles. The number of amides is 5. The number of carbonyl (C=O) groups excluding carboxylic acids is 5. The minimum Gasteiger partial charge on any atom is -0.481 e. The number of nitrogen functional groups attached to an aromatic ring is 1. The summed E-state index contributed by atoms with van der Waals surface area (Å²) in [5.74, 6) is -5.07. The molecule has 2 rings (SSSR count). The molecule has 0 spiro atoms. The Morgan fingerprint density at radius 2 is 1.49 bits per heavy atom. The van der Waals surface area contributed by atoms with Crippen molar-refractivity contribution in [1.29, 1.82) is 5.41 Å². The molecule has 0 radical (unpaired) electrons. The summed E-state index contributed by atoms with van der Waals surface area (Å²) in [7, 11) is 0. The van der Waals surface area contributed by atoms with Crippen molar-refractivity contribution in [3.63, 3.8) is 0 Å². The third-order valence-corrected chi connectivity index (χ3v) is 7.15. The van der Waals surface area contributed by atoms with E-state index in [4.69, 9.17) is 44.8 Å². The van der Waals surface area contributed by atoms with Gasteiger partial charge in [-0.05, 0) is 29.7 Å². The molecule has 0 bridgehead atoms. The van der Waals surface area contributed by atoms with E-state index in [-0.39, 0.29) is 30.4 Å². The number of carboxylic acid groups (broad SMARTS) is 1. The summed E-state index contributed by atoms with van der Waals surface area (Å²) >= 11 is 11.9. The van der Waals surface area contributed by atoms with Gasteiger partial charge in [-0.25, -0.2) is 4.79 Å². The first-order valence-corrected chi connectivity index (χ1v) is 14.8. The molecule has 0 heterocycles. The number of ether oxygens (including phenoxy) is 1. The third-order valence-electron chi connectivity index (χ3n) is 6.41. The molecule has 2 aromatic carbocycles. The third kappa shape index (κ3) is 13.4. The van der Waals surface area contributed by atoms with Gasteiger partial charge in [0.15, 0.2) is 0 Å². The van der Waals surface area contributed by atoms with Crippen LogP contribution in [-0.2, 0) is 41.7 Å². The van der Waals surface area contributed by atoms with Crippen LogP contribution in [0.15, 0.2) is 55.1 Å². The second-order valence-electron chi connectivity index (χ2n) is 10.1. The van der Waals surface area contributed by atoms with E-state index >= 15 is 0 Å². The average molecular weight is 693 g/mol. The van der Waals surface area contributed by atoms with Crippen LogP contribution in [0, 0.1) is 5.41 Å². The second-order valence-corrected chi connectivity index (χ2v) is 10.9. The van der Waals surface area contributed by atoms with E-state index in [1.165, 1.54) is 30.3 Å². The summed E-state index contributed by atoms with van der Waals surface area (Å²) in [6, 6.07) is 6.52. The molecule has 252 valence electrons. The number of aliphatic carboxylic acids is 1. The maximum atomic E-state index is 13.4. The fraction of sp³-hybridized carbons (Fsp3) is 0.300. The Morgan fingerprint density at radius 1 is 0.872 bits per heavy atom. The molecule has 0 unspecified atom stereocenters. The van der Waals surface area contributed by atoms with Crippen LogP contribution < -0.4 is 32.7 Å². The van der Waals surface area contributed by atoms with Gasteiger partial charge in [0.05, 0.1) is 16.5 Å². The molecule has 0 aromatic heterocycles. The van der Waals surface area contributed by atoms with Gasteiger partial charge >= 0.3 is 12.1 Å². The molecule has 17 heteroatoms. The lowest BCUT2D eigenvalue weighted by molar-refractivity contribution is -0.138. The van der Waals surface area contributed by atoms with Gasteiger partial charge < -0.3 is 42.6 Å². The molecule has 0 aliphatic carbocycles. The number of primary amides is 1. The largest absolute Gasteiger partial charge is 0.481 e. The fourth-order valence-corrected chi connectivity index (χ4v) is 4.36. The van der Waals surface area contributed by atoms with Crippen molar-refractivity contribution in [1.82, 2.24) is 21.3 Å². The maximum absolute atomic E-state index is 13.4. The highest BCUT2D eigenvalue weighted by Crippen LogP contribution is 2.22. The normalized spacial score (nSPS) is 12.4. The van der Waals surface area contributed by atoms with Crippen LogP contribution in [0.5, 0.6) is 0 Å². The van der Waals surface area contributed by atoms with E-state index in [2.05, 4.69) is 27.8 Å². The summed E-state index contributed by atoms with van der Waals surface area (Å²) in [5, 5.41) is 27.0. The molecule has 5 amide bonds. The van der Waals surface area contributed by atoms with Gasteiger partial charge in [-0.2, -0.15) is 0 Å². The molecule has 15 nitrogen and oxygen atoms in total. The van der Waals surface area contributed by atoms with E-state index < -0.39 is 73.1 Å². The fourth-order valence-electron chi connectivity index (χ4n) is 4.04. The summed E-state index contributed by atoms with van der Waals surface area (Å²) in [4.78, 5) is 75.2. The van der Waals surface area contributed by atoms with Gasteiger partial charge in [0.25, 0.3) is 0 Å². The molecule has 47 heavy (non-hydrogen) atoms. The predicted octanol–water partition coefficient (Wildman–Crippen LogP) is 1.13. The molecular weight excluding hydrogens is 657 g/mol. The lowest BCUT2D eigenvalue weighted by atomic mass is 10.0. The minimum atomic E-state index is -1.52. The minimum absolute atomic E-state index is 0.0528. The summed E-state index contributed by atoms with van der Waals surface area (Å²) in [5.41, 5.74) is 12.3. The van der Waals surface area contributed by atoms with Crippen LogP contribution in [0.4, 0.5) is 4.79 Å². The van der Waals surface area contributed by atoms with Crippen molar-refractivity contribution in [2.24, 2.45) is 11.5 Å². The Hall–Kier alpha value is -5.15. The van der Waals surface area contributed by atoms with Crippen LogP contribution in [0.25, 0.3) is 0 Å². The van der Waals surface area contributed by atoms with Crippen LogP contribution in [0.2, 0.25) is 10.0 Å². The van der Waals surface area contributed by atoms with Crippen molar-refractivity contribution in [2.45, 2.75) is 50.4 Å². The number of benzene rings is 2. The quantitative estimate of drug-likeness (QED) is 0.0632. The van der Waals surface area contributed by atoms with Crippen molar-refractivity contribution in [3.8, 4) is 0 Å². The summed E-state index contributed by atoms with van der Waals surface area (Å²) in [6.07, 6.45) is -1.37. The Labute approximate surface area is 279 Å². The lowest BCUT2D eigenvalue weighted by Crippen LogP contribution is -2.57. The number of hydrogen-bond acceptors (Lipinski definition) is 8. The van der Waals surface area contributed by atoms with E-state index in [0.717, 1.165) is 0 Å². The number of nitrogens with two attached hydrogens (primary N) is 2. The number of carbonyl (C=O) groups is 6. The lowest BCUT2D eigenvalue weighted by Gasteiger charge is -2.25. The van der Waals surface area contributed by atoms with E-state index in [1.807, 2.05) is 0 Å². The first-order valence-electron chi connectivity index (χ1n) is 14.0. The molecule has 0 aliphatic rings. The Kier molecular flexibility index (Phi) is 15.2. The standard InChI is InChI=1S/C30H35Cl2N7O8/c1-2-11-47-30(46)39-22(13-16-3-6-18(7-4-16)26(34)35)29(45)37-21(9-10-25(41)42)28(44)38-23(14-24(33)40)27(43)36-15-17-5-8-19(31)20(32)12-17/h2-8,12,21-23H,1,9-11,13-15H2,(H2,33,40)(H3,34,35)(H,36,43)(H,37,45)(H,38,44)(H,39,46)(H,41,42)/t21-,22-,23-/m0/s1. The topological polar surface area (TPSA) is 256 Å². The van der Waals surface area contributed by atoms with Crippen LogP contribution in [-0.4, -0.2) is 71.4 Å². The molecule has 0 aliphatic heterocycles. The van der Waals surface area contributed by atoms with Crippen molar-refractivity contribution < 1.29 is 38.6 Å². The number of nitrogens with one attached hydrogen (secondary N) is 5. The van der Waals surface area contributed by atoms with E-state index in [1.54, 1.807) is 18.2 Å². The number of amidine groups is 1. The number of carboxylic acids is 1. The number of alkyl carbamates (subject to hydrolysis) is 1. The first kappa shape index (κ1) is 38.0. The highest BCUT2D eigenvalue weighted by Gasteiger charge is 2.31. The highest BCUT2D eigenvalue weighted by atomic mass is 35.5. The van der Waals surface area contributed by atoms with Gasteiger partial charge in [-0.3, -0.25) is 29.4 Å². The predicted molar refractivity (Wildman–Crippen MR) is 172 cm³/mol. The van der Waals surface area contributed by atoms with Crippen molar-refractivity contribution >= 4 is 64.7 Å². The highest BCUT2D eigenvalue weighted by molar-refractivity contribution is 6.42. The first-order chi connectivity index (χ1) is 22.2. The molecule has 0 saturated heterocycles. The Morgan fingerprint density at radius 3 is 2.06 bits per heavy atom. The molecule has 2 aromatic rings. The van der Waals surface area contributed by atoms with E-state index in [0.29, 0.717) is 21.7 Å². The smallest absolute Gasteiger partial charge is 0.408 e. The van der Waals surface area contributed by atoms with Crippen LogP contribution in [0.3, 0.4) is 0 Å². The Balaban J connectivity index is 2.26. The van der Waals surface area contributed by atoms with E-state index in [9.17, 15) is 33.9 Å². The zero-order valence-electron chi connectivity index (χ0n) is 25.0. The zero-order valence-corrected chi connectivity index (χ0v) is 26.5.